The topological polar surface area (TPSA) is 15.3 Å². The zero-order chi connectivity index (χ0) is 12.6. The van der Waals surface area contributed by atoms with Gasteiger partial charge in [0.05, 0.1) is 0 Å². The molecule has 0 spiro atoms. The normalized spacial score (nSPS) is 39.3. The summed E-state index contributed by atoms with van der Waals surface area (Å²) in [6.45, 7) is 8.67. The van der Waals surface area contributed by atoms with Crippen molar-refractivity contribution in [2.45, 2.75) is 70.4 Å². The zero-order valence-corrected chi connectivity index (χ0v) is 12.3. The van der Waals surface area contributed by atoms with E-state index in [2.05, 4.69) is 24.1 Å². The van der Waals surface area contributed by atoms with Crippen molar-refractivity contribution in [1.29, 1.82) is 0 Å². The number of hydrogen-bond acceptors (Lipinski definition) is 2. The first-order valence-electron chi connectivity index (χ1n) is 8.16. The molecule has 0 aromatic rings. The maximum atomic E-state index is 3.82. The van der Waals surface area contributed by atoms with E-state index in [-0.39, 0.29) is 0 Å². The highest BCUT2D eigenvalue weighted by molar-refractivity contribution is 5.03. The van der Waals surface area contributed by atoms with Gasteiger partial charge in [0.1, 0.15) is 0 Å². The number of rotatable bonds is 4. The molecule has 0 aromatic carbocycles. The van der Waals surface area contributed by atoms with Gasteiger partial charge in [-0.05, 0) is 51.5 Å². The molecule has 1 heterocycles. The summed E-state index contributed by atoms with van der Waals surface area (Å²) in [5.41, 5.74) is 0.419. The molecule has 1 aliphatic heterocycles. The lowest BCUT2D eigenvalue weighted by Gasteiger charge is -2.46. The van der Waals surface area contributed by atoms with Gasteiger partial charge in [-0.15, -0.1) is 0 Å². The third-order valence-electron chi connectivity index (χ3n) is 5.73. The van der Waals surface area contributed by atoms with Crippen molar-refractivity contribution in [2.75, 3.05) is 19.6 Å². The van der Waals surface area contributed by atoms with Crippen molar-refractivity contribution in [1.82, 2.24) is 10.2 Å². The molecule has 2 nitrogen and oxygen atoms in total. The number of piperazine rings is 1. The number of nitrogens with zero attached hydrogens (tertiary/aromatic N) is 1. The van der Waals surface area contributed by atoms with Crippen LogP contribution in [-0.4, -0.2) is 36.1 Å². The van der Waals surface area contributed by atoms with E-state index >= 15 is 0 Å². The van der Waals surface area contributed by atoms with Gasteiger partial charge in [-0.3, -0.25) is 4.90 Å². The molecule has 2 heteroatoms. The van der Waals surface area contributed by atoms with Crippen molar-refractivity contribution in [3.63, 3.8) is 0 Å². The Hall–Kier alpha value is -0.0800. The van der Waals surface area contributed by atoms with E-state index in [1.54, 1.807) is 0 Å². The Bertz CT molecular complexity index is 281. The number of hydrogen-bond donors (Lipinski definition) is 1. The van der Waals surface area contributed by atoms with Gasteiger partial charge >= 0.3 is 0 Å². The second kappa shape index (κ2) is 5.13. The van der Waals surface area contributed by atoms with Gasteiger partial charge in [-0.2, -0.15) is 0 Å². The summed E-state index contributed by atoms with van der Waals surface area (Å²) in [5.74, 6) is 2.00. The van der Waals surface area contributed by atoms with Crippen LogP contribution in [0.5, 0.6) is 0 Å². The average Bonchev–Trinajstić information content (AvgIpc) is 3.10. The van der Waals surface area contributed by atoms with Crippen LogP contribution in [0.1, 0.15) is 58.8 Å². The molecule has 0 amide bonds. The first-order chi connectivity index (χ1) is 8.67. The Morgan fingerprint density at radius 3 is 2.56 bits per heavy atom. The lowest BCUT2D eigenvalue weighted by Crippen LogP contribution is -2.63. The smallest absolute Gasteiger partial charge is 0.0309 e. The van der Waals surface area contributed by atoms with E-state index in [1.165, 1.54) is 64.6 Å². The van der Waals surface area contributed by atoms with Crippen LogP contribution in [0, 0.1) is 11.8 Å². The van der Waals surface area contributed by atoms with Crippen LogP contribution in [0.4, 0.5) is 0 Å². The van der Waals surface area contributed by atoms with Gasteiger partial charge in [-0.1, -0.05) is 25.7 Å². The predicted octanol–water partition coefficient (Wildman–Crippen LogP) is 3.03. The van der Waals surface area contributed by atoms with Crippen LogP contribution in [0.2, 0.25) is 0 Å². The summed E-state index contributed by atoms with van der Waals surface area (Å²) in [5, 5.41) is 3.82. The third-order valence-corrected chi connectivity index (χ3v) is 5.73. The quantitative estimate of drug-likeness (QED) is 0.825. The molecule has 104 valence electrons. The minimum atomic E-state index is 0.419. The third kappa shape index (κ3) is 2.75. The van der Waals surface area contributed by atoms with Crippen LogP contribution in [-0.2, 0) is 0 Å². The molecule has 0 bridgehead atoms. The highest BCUT2D eigenvalue weighted by Gasteiger charge is 2.45. The number of nitrogens with one attached hydrogen (secondary N) is 1. The molecule has 3 fully saturated rings. The van der Waals surface area contributed by atoms with Gasteiger partial charge in [0.25, 0.3) is 0 Å². The molecule has 3 rings (SSSR count). The average molecular weight is 250 g/mol. The lowest BCUT2D eigenvalue weighted by atomic mass is 9.90. The maximum absolute atomic E-state index is 3.82. The molecule has 3 aliphatic rings. The highest BCUT2D eigenvalue weighted by Crippen LogP contribution is 2.41. The largest absolute Gasteiger partial charge is 0.308 e. The molecule has 2 saturated carbocycles. The van der Waals surface area contributed by atoms with E-state index in [0.717, 1.165) is 17.9 Å². The Morgan fingerprint density at radius 2 is 1.89 bits per heavy atom. The fraction of sp³-hybridized carbons (Fsp3) is 1.00. The Kier molecular flexibility index (Phi) is 3.68. The maximum Gasteiger partial charge on any atom is 0.0309 e. The summed E-state index contributed by atoms with van der Waals surface area (Å²) in [4.78, 5) is 2.77. The van der Waals surface area contributed by atoms with Gasteiger partial charge in [0.2, 0.25) is 0 Å². The van der Waals surface area contributed by atoms with Crippen LogP contribution in [0.3, 0.4) is 0 Å². The highest BCUT2D eigenvalue weighted by atomic mass is 15.3. The molecule has 2 atom stereocenters. The Morgan fingerprint density at radius 1 is 1.17 bits per heavy atom. The van der Waals surface area contributed by atoms with Gasteiger partial charge in [0, 0.05) is 24.7 Å². The Balaban J connectivity index is 1.52. The van der Waals surface area contributed by atoms with E-state index < -0.39 is 0 Å². The van der Waals surface area contributed by atoms with Crippen molar-refractivity contribution in [2.24, 2.45) is 11.8 Å². The Labute approximate surface area is 113 Å². The second-order valence-electron chi connectivity index (χ2n) is 7.33. The molecule has 0 radical (unpaired) electrons. The summed E-state index contributed by atoms with van der Waals surface area (Å²) in [6.07, 6.45) is 10.3. The molecule has 2 unspecified atom stereocenters. The second-order valence-corrected chi connectivity index (χ2v) is 7.33. The molecule has 18 heavy (non-hydrogen) atoms. The monoisotopic (exact) mass is 250 g/mol. The van der Waals surface area contributed by atoms with Crippen LogP contribution < -0.4 is 5.32 Å². The summed E-state index contributed by atoms with van der Waals surface area (Å²) >= 11 is 0. The van der Waals surface area contributed by atoms with Crippen LogP contribution in [0.25, 0.3) is 0 Å². The summed E-state index contributed by atoms with van der Waals surface area (Å²) < 4.78 is 0. The SMILES string of the molecule is CC1CNC(C)(C2CC2)CN1CCC1CCCC1. The van der Waals surface area contributed by atoms with Crippen molar-refractivity contribution in [3.05, 3.63) is 0 Å². The molecule has 1 saturated heterocycles. The first-order valence-corrected chi connectivity index (χ1v) is 8.16. The predicted molar refractivity (Wildman–Crippen MR) is 76.7 cm³/mol. The zero-order valence-electron chi connectivity index (χ0n) is 12.3. The van der Waals surface area contributed by atoms with Crippen LogP contribution in [0.15, 0.2) is 0 Å². The van der Waals surface area contributed by atoms with Crippen LogP contribution >= 0.6 is 0 Å². The van der Waals surface area contributed by atoms with E-state index in [1.807, 2.05) is 0 Å². The van der Waals surface area contributed by atoms with Crippen molar-refractivity contribution >= 4 is 0 Å². The minimum Gasteiger partial charge on any atom is -0.308 e. The minimum absolute atomic E-state index is 0.419. The summed E-state index contributed by atoms with van der Waals surface area (Å²) in [6, 6.07) is 0.734. The standard InChI is InChI=1S/C16H30N2/c1-13-11-17-16(2,15-7-8-15)12-18(13)10-9-14-5-3-4-6-14/h13-15,17H,3-12H2,1-2H3. The molecular formula is C16H30N2. The van der Waals surface area contributed by atoms with Crippen molar-refractivity contribution < 1.29 is 0 Å². The molecular weight excluding hydrogens is 220 g/mol. The van der Waals surface area contributed by atoms with E-state index in [9.17, 15) is 0 Å². The van der Waals surface area contributed by atoms with Gasteiger partial charge in [0.15, 0.2) is 0 Å². The van der Waals surface area contributed by atoms with E-state index in [4.69, 9.17) is 0 Å². The van der Waals surface area contributed by atoms with Gasteiger partial charge in [-0.25, -0.2) is 0 Å². The van der Waals surface area contributed by atoms with Crippen molar-refractivity contribution in [3.8, 4) is 0 Å². The first kappa shape index (κ1) is 12.9. The van der Waals surface area contributed by atoms with E-state index in [0.29, 0.717) is 5.54 Å². The molecule has 2 aliphatic carbocycles. The van der Waals surface area contributed by atoms with Gasteiger partial charge < -0.3 is 5.32 Å². The fourth-order valence-electron chi connectivity index (χ4n) is 4.08. The summed E-state index contributed by atoms with van der Waals surface area (Å²) in [7, 11) is 0. The fourth-order valence-corrected chi connectivity index (χ4v) is 4.08. The molecule has 1 N–H and O–H groups in total. The molecule has 0 aromatic heterocycles. The lowest BCUT2D eigenvalue weighted by molar-refractivity contribution is 0.0782.